The van der Waals surface area contributed by atoms with Gasteiger partial charge in [-0.15, -0.1) is 0 Å². The molecule has 2 amide bonds. The fraction of sp³-hybridized carbons (Fsp3) is 0.640. The summed E-state index contributed by atoms with van der Waals surface area (Å²) in [6.45, 7) is 7.87. The molecule has 4 N–H and O–H groups in total. The maximum atomic E-state index is 12.9. The van der Waals surface area contributed by atoms with E-state index in [1.165, 1.54) is 18.2 Å². The highest BCUT2D eigenvalue weighted by atomic mass is 16.4. The van der Waals surface area contributed by atoms with Crippen molar-refractivity contribution in [2.75, 3.05) is 13.7 Å². The summed E-state index contributed by atoms with van der Waals surface area (Å²) in [7, 11) is 1.53. The summed E-state index contributed by atoms with van der Waals surface area (Å²) in [5, 5.41) is 22.6. The van der Waals surface area contributed by atoms with Crippen molar-refractivity contribution in [1.29, 1.82) is 0 Å². The highest BCUT2D eigenvalue weighted by molar-refractivity contribution is 5.90. The van der Waals surface area contributed by atoms with Gasteiger partial charge < -0.3 is 20.8 Å². The maximum absolute atomic E-state index is 12.9. The number of hydrogen-bond donors (Lipinski definition) is 4. The van der Waals surface area contributed by atoms with Crippen LogP contribution < -0.4 is 10.6 Å². The van der Waals surface area contributed by atoms with Crippen LogP contribution >= 0.6 is 0 Å². The molecule has 1 aromatic rings. The summed E-state index contributed by atoms with van der Waals surface area (Å²) in [5.74, 6) is -2.02. The van der Waals surface area contributed by atoms with Crippen molar-refractivity contribution in [1.82, 2.24) is 10.6 Å². The third-order valence-electron chi connectivity index (χ3n) is 5.74. The molecule has 2 rings (SSSR count). The Hall–Kier alpha value is -2.41. The minimum atomic E-state index is -0.997. The predicted molar refractivity (Wildman–Crippen MR) is 125 cm³/mol. The first-order valence-corrected chi connectivity index (χ1v) is 11.4. The van der Waals surface area contributed by atoms with E-state index in [4.69, 9.17) is 5.11 Å². The number of carboxylic acid groups (broad SMARTS) is 1. The Morgan fingerprint density at radius 1 is 1.12 bits per heavy atom. The number of aliphatic hydroxyl groups excluding tert-OH is 1. The lowest BCUT2D eigenvalue weighted by Crippen LogP contribution is -2.54. The molecule has 32 heavy (non-hydrogen) atoms. The molecule has 1 aliphatic carbocycles. The summed E-state index contributed by atoms with van der Waals surface area (Å²) in [6.07, 6.45) is 3.91. The van der Waals surface area contributed by atoms with Crippen LogP contribution in [0.1, 0.15) is 64.5 Å². The molecule has 180 valence electrons. The van der Waals surface area contributed by atoms with Crippen LogP contribution in [0.3, 0.4) is 0 Å². The van der Waals surface area contributed by atoms with Crippen LogP contribution in [0.2, 0.25) is 0 Å². The van der Waals surface area contributed by atoms with Crippen molar-refractivity contribution >= 4 is 17.8 Å². The number of rotatable bonds is 8. The number of amides is 2. The van der Waals surface area contributed by atoms with Crippen molar-refractivity contribution < 1.29 is 24.6 Å². The predicted octanol–water partition coefficient (Wildman–Crippen LogP) is 2.94. The van der Waals surface area contributed by atoms with Crippen LogP contribution in [0, 0.1) is 17.3 Å². The number of likely N-dealkylation sites (N-methyl/N-ethyl adjacent to an activating group) is 1. The van der Waals surface area contributed by atoms with E-state index in [1.54, 1.807) is 0 Å². The number of carbonyl (C=O) groups is 3. The molecule has 3 unspecified atom stereocenters. The third kappa shape index (κ3) is 8.99. The van der Waals surface area contributed by atoms with E-state index in [-0.39, 0.29) is 24.2 Å². The van der Waals surface area contributed by atoms with Gasteiger partial charge in [-0.05, 0) is 54.6 Å². The highest BCUT2D eigenvalue weighted by Gasteiger charge is 2.35. The molecule has 0 saturated carbocycles. The normalized spacial score (nSPS) is 17.1. The molecule has 3 atom stereocenters. The maximum Gasteiger partial charge on any atom is 0.304 e. The van der Waals surface area contributed by atoms with E-state index >= 15 is 0 Å². The minimum absolute atomic E-state index is 0.228. The van der Waals surface area contributed by atoms with Crippen LogP contribution in [0.25, 0.3) is 0 Å². The third-order valence-corrected chi connectivity index (χ3v) is 5.74. The zero-order chi connectivity index (χ0) is 24.3. The molecule has 0 bridgehead atoms. The van der Waals surface area contributed by atoms with Gasteiger partial charge in [0.1, 0.15) is 6.04 Å². The van der Waals surface area contributed by atoms with Gasteiger partial charge in [0.05, 0.1) is 6.42 Å². The Morgan fingerprint density at radius 3 is 2.22 bits per heavy atom. The number of carboxylic acids is 1. The summed E-state index contributed by atoms with van der Waals surface area (Å²) in [4.78, 5) is 36.5. The average molecular weight is 449 g/mol. The van der Waals surface area contributed by atoms with Gasteiger partial charge in [-0.2, -0.15) is 0 Å². The number of aliphatic hydroxyl groups is 1. The quantitative estimate of drug-likeness (QED) is 0.488. The van der Waals surface area contributed by atoms with Crippen molar-refractivity contribution in [3.05, 3.63) is 35.4 Å². The molecule has 7 nitrogen and oxygen atoms in total. The molecule has 1 aliphatic rings. The number of carbonyl (C=O) groups excluding carboxylic acids is 2. The van der Waals surface area contributed by atoms with E-state index in [9.17, 15) is 19.5 Å². The number of aryl methyl sites for hydroxylation is 1. The van der Waals surface area contributed by atoms with Gasteiger partial charge in [0, 0.05) is 19.6 Å². The zero-order valence-electron chi connectivity index (χ0n) is 20.1. The first kappa shape index (κ1) is 27.6. The van der Waals surface area contributed by atoms with E-state index in [0.29, 0.717) is 13.0 Å². The standard InChI is InChI=1S/C22H32N2O4.C3H8O/c1-22(2,3)19(21(28)23-4)24-20(27)17(13-18(25)26)12-14-9-10-15-7-5-6-8-16(15)11-14;1-2-3-4/h5-8,14,17,19H,9-13H2,1-4H3,(H,23,28)(H,24,27)(H,25,26);4H,2-3H2,1H3. The Morgan fingerprint density at radius 2 is 1.72 bits per heavy atom. The highest BCUT2D eigenvalue weighted by Crippen LogP contribution is 2.31. The van der Waals surface area contributed by atoms with Crippen LogP contribution in [0.4, 0.5) is 0 Å². The van der Waals surface area contributed by atoms with Gasteiger partial charge in [-0.25, -0.2) is 0 Å². The number of hydrogen-bond acceptors (Lipinski definition) is 4. The largest absolute Gasteiger partial charge is 0.481 e. The van der Waals surface area contributed by atoms with Gasteiger partial charge in [-0.1, -0.05) is 52.0 Å². The topological polar surface area (TPSA) is 116 Å². The van der Waals surface area contributed by atoms with E-state index in [2.05, 4.69) is 22.8 Å². The molecule has 0 radical (unpaired) electrons. The van der Waals surface area contributed by atoms with Crippen molar-refractivity contribution in [3.63, 3.8) is 0 Å². The molecule has 0 spiro atoms. The van der Waals surface area contributed by atoms with Gasteiger partial charge in [0.15, 0.2) is 0 Å². The number of nitrogens with one attached hydrogen (secondary N) is 2. The summed E-state index contributed by atoms with van der Waals surface area (Å²) >= 11 is 0. The molecular weight excluding hydrogens is 408 g/mol. The first-order chi connectivity index (χ1) is 15.0. The van der Waals surface area contributed by atoms with Crippen LogP contribution in [-0.4, -0.2) is 47.7 Å². The molecule has 0 aliphatic heterocycles. The summed E-state index contributed by atoms with van der Waals surface area (Å²) in [6, 6.07) is 7.57. The second-order valence-corrected chi connectivity index (χ2v) is 9.55. The lowest BCUT2D eigenvalue weighted by atomic mass is 9.78. The summed E-state index contributed by atoms with van der Waals surface area (Å²) < 4.78 is 0. The average Bonchev–Trinajstić information content (AvgIpc) is 2.75. The Kier molecular flexibility index (Phi) is 11.4. The van der Waals surface area contributed by atoms with E-state index in [1.807, 2.05) is 39.8 Å². The van der Waals surface area contributed by atoms with Gasteiger partial charge >= 0.3 is 5.97 Å². The molecule has 0 aromatic heterocycles. The monoisotopic (exact) mass is 448 g/mol. The van der Waals surface area contributed by atoms with Crippen LogP contribution in [0.5, 0.6) is 0 Å². The number of benzene rings is 1. The molecule has 0 saturated heterocycles. The second kappa shape index (κ2) is 13.2. The Labute approximate surface area is 192 Å². The fourth-order valence-electron chi connectivity index (χ4n) is 3.95. The van der Waals surface area contributed by atoms with E-state index < -0.39 is 23.3 Å². The molecular formula is C25H40N2O5. The second-order valence-electron chi connectivity index (χ2n) is 9.55. The first-order valence-electron chi connectivity index (χ1n) is 11.4. The molecule has 1 aromatic carbocycles. The number of aliphatic carboxylic acids is 1. The zero-order valence-corrected chi connectivity index (χ0v) is 20.1. The summed E-state index contributed by atoms with van der Waals surface area (Å²) in [5.41, 5.74) is 2.14. The smallest absolute Gasteiger partial charge is 0.304 e. The van der Waals surface area contributed by atoms with Crippen molar-refractivity contribution in [3.8, 4) is 0 Å². The van der Waals surface area contributed by atoms with Gasteiger partial charge in [-0.3, -0.25) is 14.4 Å². The lowest BCUT2D eigenvalue weighted by Gasteiger charge is -2.32. The fourth-order valence-corrected chi connectivity index (χ4v) is 3.95. The van der Waals surface area contributed by atoms with E-state index in [0.717, 1.165) is 25.7 Å². The van der Waals surface area contributed by atoms with Gasteiger partial charge in [0.2, 0.25) is 11.8 Å². The van der Waals surface area contributed by atoms with Crippen molar-refractivity contribution in [2.24, 2.45) is 17.3 Å². The Balaban J connectivity index is 0.00000118. The number of fused-ring (bicyclic) bond motifs is 1. The molecule has 0 heterocycles. The van der Waals surface area contributed by atoms with Crippen LogP contribution in [0.15, 0.2) is 24.3 Å². The van der Waals surface area contributed by atoms with Gasteiger partial charge in [0.25, 0.3) is 0 Å². The Bertz CT molecular complexity index is 755. The minimum Gasteiger partial charge on any atom is -0.481 e. The molecule has 7 heteroatoms. The SMILES string of the molecule is CCCO.CNC(=O)C(NC(=O)C(CC(=O)O)CC1CCc2ccccc2C1)C(C)(C)C. The van der Waals surface area contributed by atoms with Crippen molar-refractivity contribution in [2.45, 2.75) is 72.3 Å². The lowest BCUT2D eigenvalue weighted by molar-refractivity contribution is -0.142. The molecule has 0 fully saturated rings. The van der Waals surface area contributed by atoms with Crippen LogP contribution in [-0.2, 0) is 27.2 Å².